The van der Waals surface area contributed by atoms with Crippen LogP contribution in [0, 0.1) is 0 Å². The lowest BCUT2D eigenvalue weighted by Gasteiger charge is -2.20. The molecule has 0 spiro atoms. The van der Waals surface area contributed by atoms with E-state index < -0.39 is 17.7 Å². The van der Waals surface area contributed by atoms with Crippen LogP contribution in [0.15, 0.2) is 12.1 Å². The van der Waals surface area contributed by atoms with Gasteiger partial charge in [-0.1, -0.05) is 0 Å². The van der Waals surface area contributed by atoms with Gasteiger partial charge in [-0.25, -0.2) is 9.59 Å². The highest BCUT2D eigenvalue weighted by atomic mass is 16.6. The molecule has 24 heavy (non-hydrogen) atoms. The first-order valence-electron chi connectivity index (χ1n) is 7.25. The van der Waals surface area contributed by atoms with Gasteiger partial charge in [0, 0.05) is 19.2 Å². The number of methoxy groups -OCH3 is 2. The summed E-state index contributed by atoms with van der Waals surface area (Å²) in [4.78, 5) is 23.3. The van der Waals surface area contributed by atoms with Crippen LogP contribution in [-0.4, -0.2) is 50.2 Å². The minimum atomic E-state index is -1.22. The molecule has 0 saturated heterocycles. The maximum Gasteiger partial charge on any atom is 0.412 e. The van der Waals surface area contributed by atoms with E-state index in [2.05, 4.69) is 5.32 Å². The molecule has 134 valence electrons. The molecule has 0 aliphatic rings. The fourth-order valence-electron chi connectivity index (χ4n) is 1.76. The number of benzene rings is 1. The van der Waals surface area contributed by atoms with E-state index in [0.717, 1.165) is 0 Å². The number of aromatic carboxylic acids is 1. The minimum Gasteiger partial charge on any atom is -0.493 e. The topological polar surface area (TPSA) is 103 Å². The summed E-state index contributed by atoms with van der Waals surface area (Å²) in [6.45, 7) is 5.71. The molecule has 0 bridgehead atoms. The van der Waals surface area contributed by atoms with Gasteiger partial charge in [0.25, 0.3) is 0 Å². The third kappa shape index (κ3) is 5.96. The molecule has 0 fully saturated rings. The molecule has 0 aromatic heterocycles. The largest absolute Gasteiger partial charge is 0.493 e. The SMILES string of the molecule is COCCOc1cc(NC(=O)OC(C)(C)C)c(C(=O)O)cc1OC. The lowest BCUT2D eigenvalue weighted by Crippen LogP contribution is -2.27. The maximum atomic E-state index is 11.9. The first kappa shape index (κ1) is 19.6. The van der Waals surface area contributed by atoms with Crippen LogP contribution in [0.2, 0.25) is 0 Å². The van der Waals surface area contributed by atoms with E-state index in [1.54, 1.807) is 20.8 Å². The number of rotatable bonds is 7. The van der Waals surface area contributed by atoms with Crippen molar-refractivity contribution in [1.29, 1.82) is 0 Å². The van der Waals surface area contributed by atoms with Gasteiger partial charge >= 0.3 is 12.1 Å². The summed E-state index contributed by atoms with van der Waals surface area (Å²) in [6.07, 6.45) is -0.766. The number of carbonyl (C=O) groups is 2. The zero-order valence-corrected chi connectivity index (χ0v) is 14.5. The second kappa shape index (κ2) is 8.39. The molecule has 0 radical (unpaired) electrons. The summed E-state index contributed by atoms with van der Waals surface area (Å²) in [7, 11) is 2.93. The van der Waals surface area contributed by atoms with Crippen molar-refractivity contribution in [3.63, 3.8) is 0 Å². The quantitative estimate of drug-likeness (QED) is 0.735. The number of hydrogen-bond acceptors (Lipinski definition) is 6. The molecule has 0 aliphatic carbocycles. The molecule has 0 atom stereocenters. The highest BCUT2D eigenvalue weighted by Crippen LogP contribution is 2.34. The average Bonchev–Trinajstić information content (AvgIpc) is 2.45. The number of nitrogens with one attached hydrogen (secondary N) is 1. The summed E-state index contributed by atoms with van der Waals surface area (Å²) < 4.78 is 20.7. The summed E-state index contributed by atoms with van der Waals surface area (Å²) in [5, 5.41) is 11.7. The smallest absolute Gasteiger partial charge is 0.412 e. The molecule has 8 heteroatoms. The molecule has 2 N–H and O–H groups in total. The molecular formula is C16H23NO7. The molecule has 0 aliphatic heterocycles. The fourth-order valence-corrected chi connectivity index (χ4v) is 1.76. The summed E-state index contributed by atoms with van der Waals surface area (Å²) in [6, 6.07) is 2.65. The van der Waals surface area contributed by atoms with Gasteiger partial charge in [-0.2, -0.15) is 0 Å². The standard InChI is InChI=1S/C16H23NO7/c1-16(2,3)24-15(20)17-11-9-13(23-7-6-21-4)12(22-5)8-10(11)14(18)19/h8-9H,6-7H2,1-5H3,(H,17,20)(H,18,19). The van der Waals surface area contributed by atoms with Crippen LogP contribution >= 0.6 is 0 Å². The van der Waals surface area contributed by atoms with Crippen molar-refractivity contribution in [3.8, 4) is 11.5 Å². The average molecular weight is 341 g/mol. The molecule has 0 heterocycles. The van der Waals surface area contributed by atoms with Crippen molar-refractivity contribution in [2.24, 2.45) is 0 Å². The Morgan fingerprint density at radius 3 is 2.29 bits per heavy atom. The van der Waals surface area contributed by atoms with Crippen LogP contribution in [-0.2, 0) is 9.47 Å². The molecule has 1 rings (SSSR count). The van der Waals surface area contributed by atoms with Gasteiger partial charge in [-0.15, -0.1) is 0 Å². The third-order valence-electron chi connectivity index (χ3n) is 2.71. The fraction of sp³-hybridized carbons (Fsp3) is 0.500. The van der Waals surface area contributed by atoms with Gasteiger partial charge in [0.2, 0.25) is 0 Å². The van der Waals surface area contributed by atoms with Gasteiger partial charge in [0.15, 0.2) is 11.5 Å². The normalized spacial score (nSPS) is 10.9. The number of amides is 1. The molecule has 8 nitrogen and oxygen atoms in total. The Kier molecular flexibility index (Phi) is 6.84. The number of hydrogen-bond donors (Lipinski definition) is 2. The number of carbonyl (C=O) groups excluding carboxylic acids is 1. The van der Waals surface area contributed by atoms with Crippen molar-refractivity contribution >= 4 is 17.7 Å². The Morgan fingerprint density at radius 2 is 1.79 bits per heavy atom. The Hall–Kier alpha value is -2.48. The van der Waals surface area contributed by atoms with Gasteiger partial charge < -0.3 is 24.1 Å². The second-order valence-electron chi connectivity index (χ2n) is 5.82. The Bertz CT molecular complexity index is 593. The van der Waals surface area contributed by atoms with E-state index in [0.29, 0.717) is 6.61 Å². The van der Waals surface area contributed by atoms with Crippen LogP contribution in [0.1, 0.15) is 31.1 Å². The van der Waals surface area contributed by atoms with E-state index in [9.17, 15) is 14.7 Å². The molecule has 1 amide bonds. The van der Waals surface area contributed by atoms with Crippen LogP contribution in [0.5, 0.6) is 11.5 Å². The second-order valence-corrected chi connectivity index (χ2v) is 5.82. The van der Waals surface area contributed by atoms with Crippen molar-refractivity contribution in [1.82, 2.24) is 0 Å². The Morgan fingerprint density at radius 1 is 1.12 bits per heavy atom. The van der Waals surface area contributed by atoms with Crippen LogP contribution in [0.3, 0.4) is 0 Å². The molecule has 0 saturated carbocycles. The summed E-state index contributed by atoms with van der Waals surface area (Å²) in [5.74, 6) is -0.702. The van der Waals surface area contributed by atoms with Crippen LogP contribution in [0.4, 0.5) is 10.5 Å². The molecule has 1 aromatic carbocycles. The highest BCUT2D eigenvalue weighted by molar-refractivity contribution is 5.99. The number of carboxylic acids is 1. The van der Waals surface area contributed by atoms with E-state index >= 15 is 0 Å². The molecular weight excluding hydrogens is 318 g/mol. The van der Waals surface area contributed by atoms with Crippen molar-refractivity contribution in [2.45, 2.75) is 26.4 Å². The van der Waals surface area contributed by atoms with Gasteiger partial charge in [0.1, 0.15) is 12.2 Å². The van der Waals surface area contributed by atoms with Crippen LogP contribution < -0.4 is 14.8 Å². The van der Waals surface area contributed by atoms with E-state index in [-0.39, 0.29) is 29.4 Å². The molecule has 0 unspecified atom stereocenters. The lowest BCUT2D eigenvalue weighted by molar-refractivity contribution is 0.0636. The van der Waals surface area contributed by atoms with Crippen molar-refractivity contribution in [3.05, 3.63) is 17.7 Å². The van der Waals surface area contributed by atoms with Crippen molar-refractivity contribution < 1.29 is 33.6 Å². The maximum absolute atomic E-state index is 11.9. The number of ether oxygens (including phenoxy) is 4. The first-order valence-corrected chi connectivity index (χ1v) is 7.25. The predicted molar refractivity (Wildman–Crippen MR) is 87.2 cm³/mol. The van der Waals surface area contributed by atoms with Gasteiger partial charge in [0.05, 0.1) is 25.0 Å². The Labute approximate surface area is 140 Å². The minimum absolute atomic E-state index is 0.0463. The summed E-state index contributed by atoms with van der Waals surface area (Å²) >= 11 is 0. The predicted octanol–water partition coefficient (Wildman–Crippen LogP) is 2.77. The van der Waals surface area contributed by atoms with E-state index in [4.69, 9.17) is 18.9 Å². The summed E-state index contributed by atoms with van der Waals surface area (Å²) in [5.41, 5.74) is -0.806. The van der Waals surface area contributed by atoms with Gasteiger partial charge in [-0.05, 0) is 20.8 Å². The lowest BCUT2D eigenvalue weighted by atomic mass is 10.1. The third-order valence-corrected chi connectivity index (χ3v) is 2.71. The Balaban J connectivity index is 3.12. The number of carboxylic acid groups (broad SMARTS) is 1. The van der Waals surface area contributed by atoms with E-state index in [1.807, 2.05) is 0 Å². The van der Waals surface area contributed by atoms with E-state index in [1.165, 1.54) is 26.4 Å². The van der Waals surface area contributed by atoms with Gasteiger partial charge in [-0.3, -0.25) is 5.32 Å². The zero-order chi connectivity index (χ0) is 18.3. The first-order chi connectivity index (χ1) is 11.2. The zero-order valence-electron chi connectivity index (χ0n) is 14.5. The van der Waals surface area contributed by atoms with Crippen LogP contribution in [0.25, 0.3) is 0 Å². The monoisotopic (exact) mass is 341 g/mol. The highest BCUT2D eigenvalue weighted by Gasteiger charge is 2.21. The number of anilines is 1. The molecule has 1 aromatic rings. The van der Waals surface area contributed by atoms with Crippen molar-refractivity contribution in [2.75, 3.05) is 32.8 Å².